The number of hydrogen-bond donors (Lipinski definition) is 1. The second-order valence-electron chi connectivity index (χ2n) is 3.84. The average molecular weight is 210 g/mol. The molecule has 3 aromatic rings. The smallest absolute Gasteiger partial charge is 0.159 e. The number of rotatable bonds is 1. The molecule has 0 aliphatic rings. The number of aromatic nitrogens is 2. The molecule has 2 aromatic heterocycles. The highest BCUT2D eigenvalue weighted by Gasteiger charge is 2.06. The van der Waals surface area contributed by atoms with E-state index in [9.17, 15) is 4.79 Å². The minimum absolute atomic E-state index is 0.0835. The number of hydrogen-bond acceptors (Lipinski definition) is 2. The van der Waals surface area contributed by atoms with Crippen LogP contribution in [0.4, 0.5) is 0 Å². The number of pyridine rings is 1. The number of nitrogens with zero attached hydrogens (tertiary/aromatic N) is 1. The fourth-order valence-corrected chi connectivity index (χ4v) is 1.94. The molecule has 3 nitrogen and oxygen atoms in total. The van der Waals surface area contributed by atoms with Crippen LogP contribution in [-0.2, 0) is 0 Å². The summed E-state index contributed by atoms with van der Waals surface area (Å²) in [6.45, 7) is 1.58. The van der Waals surface area contributed by atoms with Crippen LogP contribution in [0.25, 0.3) is 21.9 Å². The van der Waals surface area contributed by atoms with Gasteiger partial charge in [0.15, 0.2) is 5.78 Å². The Balaban J connectivity index is 2.44. The molecule has 0 unspecified atom stereocenters. The molecule has 0 saturated heterocycles. The van der Waals surface area contributed by atoms with Crippen LogP contribution in [0, 0.1) is 0 Å². The third kappa shape index (κ3) is 1.21. The summed E-state index contributed by atoms with van der Waals surface area (Å²) >= 11 is 0. The molecule has 0 spiro atoms. The second kappa shape index (κ2) is 3.17. The molecule has 0 atom stereocenters. The van der Waals surface area contributed by atoms with Gasteiger partial charge in [-0.2, -0.15) is 0 Å². The Morgan fingerprint density at radius 3 is 2.94 bits per heavy atom. The second-order valence-corrected chi connectivity index (χ2v) is 3.84. The van der Waals surface area contributed by atoms with Gasteiger partial charge in [0, 0.05) is 28.0 Å². The van der Waals surface area contributed by atoms with E-state index in [1.165, 1.54) is 0 Å². The Morgan fingerprint density at radius 1 is 1.25 bits per heavy atom. The fraction of sp³-hybridized carbons (Fsp3) is 0.0769. The van der Waals surface area contributed by atoms with Crippen LogP contribution in [0.2, 0.25) is 0 Å². The molecule has 0 fully saturated rings. The van der Waals surface area contributed by atoms with Crippen molar-refractivity contribution in [3.63, 3.8) is 0 Å². The number of fused-ring (bicyclic) bond motifs is 3. The normalized spacial score (nSPS) is 11.1. The molecule has 3 heteroatoms. The zero-order chi connectivity index (χ0) is 11.1. The van der Waals surface area contributed by atoms with Crippen LogP contribution in [0.1, 0.15) is 17.3 Å². The summed E-state index contributed by atoms with van der Waals surface area (Å²) in [5, 5.41) is 2.11. The highest BCUT2D eigenvalue weighted by Crippen LogP contribution is 2.24. The van der Waals surface area contributed by atoms with E-state index in [1.807, 2.05) is 30.3 Å². The highest BCUT2D eigenvalue weighted by molar-refractivity contribution is 6.08. The largest absolute Gasteiger partial charge is 0.339 e. The summed E-state index contributed by atoms with van der Waals surface area (Å²) in [7, 11) is 0. The van der Waals surface area contributed by atoms with Gasteiger partial charge in [-0.25, -0.2) is 4.98 Å². The Morgan fingerprint density at radius 2 is 2.12 bits per heavy atom. The van der Waals surface area contributed by atoms with Gasteiger partial charge in [-0.1, -0.05) is 0 Å². The van der Waals surface area contributed by atoms with E-state index < -0.39 is 0 Å². The minimum atomic E-state index is 0.0835. The summed E-state index contributed by atoms with van der Waals surface area (Å²) in [6, 6.07) is 9.58. The van der Waals surface area contributed by atoms with Gasteiger partial charge in [0.25, 0.3) is 0 Å². The Bertz CT molecular complexity index is 697. The molecule has 0 bridgehead atoms. The van der Waals surface area contributed by atoms with Gasteiger partial charge in [-0.3, -0.25) is 4.79 Å². The monoisotopic (exact) mass is 210 g/mol. The first kappa shape index (κ1) is 9.09. The number of aromatic amines is 1. The summed E-state index contributed by atoms with van der Waals surface area (Å²) < 4.78 is 0. The highest BCUT2D eigenvalue weighted by atomic mass is 16.1. The SMILES string of the molecule is CC(=O)c1ccc2[nH]c3ncccc3c2c1. The molecule has 2 heterocycles. The number of carbonyl (C=O) groups is 1. The van der Waals surface area contributed by atoms with E-state index in [0.29, 0.717) is 0 Å². The molecule has 0 radical (unpaired) electrons. The third-order valence-electron chi connectivity index (χ3n) is 2.78. The molecule has 1 aromatic carbocycles. The Hall–Kier alpha value is -2.16. The zero-order valence-corrected chi connectivity index (χ0v) is 8.82. The van der Waals surface area contributed by atoms with Crippen molar-refractivity contribution in [2.24, 2.45) is 0 Å². The van der Waals surface area contributed by atoms with Gasteiger partial charge < -0.3 is 4.98 Å². The van der Waals surface area contributed by atoms with E-state index in [4.69, 9.17) is 0 Å². The van der Waals surface area contributed by atoms with Crippen molar-refractivity contribution in [2.75, 3.05) is 0 Å². The van der Waals surface area contributed by atoms with Gasteiger partial charge in [0.05, 0.1) is 0 Å². The number of ketones is 1. The maximum Gasteiger partial charge on any atom is 0.159 e. The molecule has 1 N–H and O–H groups in total. The van der Waals surface area contributed by atoms with Crippen molar-refractivity contribution < 1.29 is 4.79 Å². The van der Waals surface area contributed by atoms with Gasteiger partial charge in [-0.15, -0.1) is 0 Å². The molecule has 0 aliphatic carbocycles. The van der Waals surface area contributed by atoms with E-state index >= 15 is 0 Å². The molecular weight excluding hydrogens is 200 g/mol. The van der Waals surface area contributed by atoms with E-state index in [1.54, 1.807) is 13.1 Å². The number of nitrogens with one attached hydrogen (secondary N) is 1. The van der Waals surface area contributed by atoms with Crippen molar-refractivity contribution in [3.8, 4) is 0 Å². The van der Waals surface area contributed by atoms with Crippen LogP contribution < -0.4 is 0 Å². The van der Waals surface area contributed by atoms with Crippen molar-refractivity contribution in [3.05, 3.63) is 42.1 Å². The average Bonchev–Trinajstić information content (AvgIpc) is 2.66. The van der Waals surface area contributed by atoms with Gasteiger partial charge in [-0.05, 0) is 37.3 Å². The summed E-state index contributed by atoms with van der Waals surface area (Å²) in [4.78, 5) is 18.8. The van der Waals surface area contributed by atoms with Gasteiger partial charge >= 0.3 is 0 Å². The lowest BCUT2D eigenvalue weighted by molar-refractivity contribution is 0.101. The summed E-state index contributed by atoms with van der Waals surface area (Å²) in [6.07, 6.45) is 1.75. The van der Waals surface area contributed by atoms with E-state index in [2.05, 4.69) is 9.97 Å². The van der Waals surface area contributed by atoms with Crippen LogP contribution in [0.3, 0.4) is 0 Å². The van der Waals surface area contributed by atoms with Crippen molar-refractivity contribution in [2.45, 2.75) is 6.92 Å². The first-order chi connectivity index (χ1) is 7.75. The van der Waals surface area contributed by atoms with Crippen LogP contribution in [0.5, 0.6) is 0 Å². The van der Waals surface area contributed by atoms with E-state index in [-0.39, 0.29) is 5.78 Å². The molecule has 0 aliphatic heterocycles. The maximum absolute atomic E-state index is 11.3. The van der Waals surface area contributed by atoms with Crippen molar-refractivity contribution in [1.82, 2.24) is 9.97 Å². The molecule has 3 rings (SSSR count). The van der Waals surface area contributed by atoms with Crippen LogP contribution in [0.15, 0.2) is 36.5 Å². The van der Waals surface area contributed by atoms with Crippen LogP contribution >= 0.6 is 0 Å². The summed E-state index contributed by atoms with van der Waals surface area (Å²) in [5.74, 6) is 0.0835. The quantitative estimate of drug-likeness (QED) is 0.627. The lowest BCUT2D eigenvalue weighted by atomic mass is 10.1. The van der Waals surface area contributed by atoms with Crippen LogP contribution in [-0.4, -0.2) is 15.8 Å². The van der Waals surface area contributed by atoms with E-state index in [0.717, 1.165) is 27.5 Å². The zero-order valence-electron chi connectivity index (χ0n) is 8.82. The predicted octanol–water partition coefficient (Wildman–Crippen LogP) is 2.92. The predicted molar refractivity (Wildman–Crippen MR) is 63.6 cm³/mol. The number of Topliss-reactive ketones (excluding diaryl/α,β-unsaturated/α-hetero) is 1. The third-order valence-corrected chi connectivity index (χ3v) is 2.78. The molecule has 0 amide bonds. The lowest BCUT2D eigenvalue weighted by Gasteiger charge is -1.95. The first-order valence-corrected chi connectivity index (χ1v) is 5.13. The van der Waals surface area contributed by atoms with Crippen molar-refractivity contribution in [1.29, 1.82) is 0 Å². The lowest BCUT2D eigenvalue weighted by Crippen LogP contribution is -1.90. The number of benzene rings is 1. The molecule has 0 saturated carbocycles. The van der Waals surface area contributed by atoms with Crippen molar-refractivity contribution >= 4 is 27.7 Å². The number of carbonyl (C=O) groups excluding carboxylic acids is 1. The van der Waals surface area contributed by atoms with Gasteiger partial charge in [0.1, 0.15) is 5.65 Å². The van der Waals surface area contributed by atoms with Gasteiger partial charge in [0.2, 0.25) is 0 Å². The fourth-order valence-electron chi connectivity index (χ4n) is 1.94. The first-order valence-electron chi connectivity index (χ1n) is 5.13. The Kier molecular flexibility index (Phi) is 1.80. The molecular formula is C13H10N2O. The standard InChI is InChI=1S/C13H10N2O/c1-8(16)9-4-5-12-11(7-9)10-3-2-6-14-13(10)15-12/h2-7H,1H3,(H,14,15). The maximum atomic E-state index is 11.3. The molecule has 78 valence electrons. The topological polar surface area (TPSA) is 45.8 Å². The number of H-pyrrole nitrogens is 1. The Labute approximate surface area is 92.1 Å². The summed E-state index contributed by atoms with van der Waals surface area (Å²) in [5.41, 5.74) is 2.61. The minimum Gasteiger partial charge on any atom is -0.339 e. The molecule has 16 heavy (non-hydrogen) atoms.